The molecule has 2 N–H and O–H groups in total. The van der Waals surface area contributed by atoms with Crippen LogP contribution in [0.4, 0.5) is 18.3 Å². The minimum Gasteiger partial charge on any atom is -0.357 e. The van der Waals surface area contributed by atoms with E-state index in [1.165, 1.54) is 0 Å². The Morgan fingerprint density at radius 1 is 1.31 bits per heavy atom. The van der Waals surface area contributed by atoms with Gasteiger partial charge in [0.05, 0.1) is 0 Å². The van der Waals surface area contributed by atoms with Gasteiger partial charge in [0.2, 0.25) is 11.0 Å². The fourth-order valence-electron chi connectivity index (χ4n) is 1.54. The van der Waals surface area contributed by atoms with Crippen LogP contribution >= 0.6 is 11.5 Å². The SMILES string of the molecule is FC(F)(F)c1nsc(NC2CCNCC2)n1. The molecule has 1 fully saturated rings. The molecule has 2 heterocycles. The molecule has 1 aliphatic rings. The summed E-state index contributed by atoms with van der Waals surface area (Å²) < 4.78 is 40.0. The molecule has 1 aromatic rings. The molecule has 0 atom stereocenters. The number of nitrogens with one attached hydrogen (secondary N) is 2. The van der Waals surface area contributed by atoms with Gasteiger partial charge in [-0.25, -0.2) is 0 Å². The van der Waals surface area contributed by atoms with Gasteiger partial charge in [0.15, 0.2) is 0 Å². The number of hydrogen-bond donors (Lipinski definition) is 2. The van der Waals surface area contributed by atoms with Crippen molar-refractivity contribution < 1.29 is 13.2 Å². The number of hydrogen-bond acceptors (Lipinski definition) is 5. The van der Waals surface area contributed by atoms with Gasteiger partial charge in [0.25, 0.3) is 0 Å². The summed E-state index contributed by atoms with van der Waals surface area (Å²) >= 11 is 0.757. The van der Waals surface area contributed by atoms with Crippen LogP contribution in [0.25, 0.3) is 0 Å². The molecule has 0 aliphatic carbocycles. The number of alkyl halides is 3. The van der Waals surface area contributed by atoms with E-state index in [1.54, 1.807) is 0 Å². The van der Waals surface area contributed by atoms with Crippen molar-refractivity contribution in [3.63, 3.8) is 0 Å². The van der Waals surface area contributed by atoms with Crippen molar-refractivity contribution in [2.24, 2.45) is 0 Å². The lowest BCUT2D eigenvalue weighted by molar-refractivity contribution is -0.144. The molecule has 90 valence electrons. The predicted molar refractivity (Wildman–Crippen MR) is 54.4 cm³/mol. The van der Waals surface area contributed by atoms with Gasteiger partial charge < -0.3 is 10.6 Å². The first kappa shape index (κ1) is 11.6. The molecular formula is C8H11F3N4S. The Morgan fingerprint density at radius 2 is 2.00 bits per heavy atom. The number of aromatic nitrogens is 2. The van der Waals surface area contributed by atoms with Crippen LogP contribution in [0.1, 0.15) is 18.7 Å². The maximum Gasteiger partial charge on any atom is 0.452 e. The van der Waals surface area contributed by atoms with Gasteiger partial charge in [-0.2, -0.15) is 22.5 Å². The standard InChI is InChI=1S/C8H11F3N4S/c9-8(10,11)6-14-7(16-15-6)13-5-1-3-12-4-2-5/h5,12H,1-4H2,(H,13,14,15). The minimum absolute atomic E-state index is 0.190. The van der Waals surface area contributed by atoms with Gasteiger partial charge in [0.1, 0.15) is 0 Å². The second-order valence-corrected chi connectivity index (χ2v) is 4.34. The monoisotopic (exact) mass is 252 g/mol. The molecule has 0 saturated carbocycles. The Kier molecular flexibility index (Phi) is 3.29. The Balaban J connectivity index is 1.97. The van der Waals surface area contributed by atoms with Crippen LogP contribution < -0.4 is 10.6 Å². The average Bonchev–Trinajstić information content (AvgIpc) is 2.67. The Morgan fingerprint density at radius 3 is 2.56 bits per heavy atom. The van der Waals surface area contributed by atoms with Crippen molar-refractivity contribution in [2.45, 2.75) is 25.1 Å². The van der Waals surface area contributed by atoms with Crippen molar-refractivity contribution >= 4 is 16.7 Å². The molecular weight excluding hydrogens is 241 g/mol. The summed E-state index contributed by atoms with van der Waals surface area (Å²) in [5.41, 5.74) is 0. The van der Waals surface area contributed by atoms with Gasteiger partial charge in [-0.1, -0.05) is 0 Å². The second kappa shape index (κ2) is 4.54. The average molecular weight is 252 g/mol. The largest absolute Gasteiger partial charge is 0.452 e. The van der Waals surface area contributed by atoms with E-state index >= 15 is 0 Å². The molecule has 0 unspecified atom stereocenters. The van der Waals surface area contributed by atoms with Crippen LogP contribution in [-0.2, 0) is 6.18 Å². The van der Waals surface area contributed by atoms with Gasteiger partial charge in [0, 0.05) is 17.6 Å². The van der Waals surface area contributed by atoms with Crippen LogP contribution in [0.5, 0.6) is 0 Å². The summed E-state index contributed by atoms with van der Waals surface area (Å²) in [7, 11) is 0. The van der Waals surface area contributed by atoms with E-state index in [-0.39, 0.29) is 11.2 Å². The topological polar surface area (TPSA) is 49.8 Å². The van der Waals surface area contributed by atoms with E-state index in [1.807, 2.05) is 0 Å². The van der Waals surface area contributed by atoms with Crippen molar-refractivity contribution in [3.8, 4) is 0 Å². The third-order valence-corrected chi connectivity index (χ3v) is 2.99. The smallest absolute Gasteiger partial charge is 0.357 e. The highest BCUT2D eigenvalue weighted by Gasteiger charge is 2.36. The molecule has 2 rings (SSSR count). The molecule has 0 radical (unpaired) electrons. The van der Waals surface area contributed by atoms with Crippen LogP contribution in [0, 0.1) is 0 Å². The lowest BCUT2D eigenvalue weighted by Crippen LogP contribution is -2.35. The maximum absolute atomic E-state index is 12.2. The third kappa shape index (κ3) is 2.82. The van der Waals surface area contributed by atoms with Crippen molar-refractivity contribution in [1.82, 2.24) is 14.7 Å². The van der Waals surface area contributed by atoms with Crippen LogP contribution in [-0.4, -0.2) is 28.5 Å². The highest BCUT2D eigenvalue weighted by molar-refractivity contribution is 7.09. The Hall–Kier alpha value is -0.890. The molecule has 1 saturated heterocycles. The van der Waals surface area contributed by atoms with Gasteiger partial charge in [-0.05, 0) is 25.9 Å². The molecule has 0 spiro atoms. The first-order valence-electron chi connectivity index (χ1n) is 4.94. The van der Waals surface area contributed by atoms with Crippen LogP contribution in [0.3, 0.4) is 0 Å². The number of anilines is 1. The zero-order valence-electron chi connectivity index (χ0n) is 8.34. The fraction of sp³-hybridized carbons (Fsp3) is 0.750. The van der Waals surface area contributed by atoms with E-state index in [0.717, 1.165) is 37.5 Å². The number of rotatable bonds is 2. The molecule has 0 amide bonds. The van der Waals surface area contributed by atoms with E-state index in [0.29, 0.717) is 0 Å². The first-order valence-corrected chi connectivity index (χ1v) is 5.71. The number of piperidine rings is 1. The third-order valence-electron chi connectivity index (χ3n) is 2.35. The molecule has 4 nitrogen and oxygen atoms in total. The molecule has 1 aromatic heterocycles. The Labute approximate surface area is 94.4 Å². The molecule has 0 aromatic carbocycles. The van der Waals surface area contributed by atoms with Crippen molar-refractivity contribution in [2.75, 3.05) is 18.4 Å². The zero-order valence-corrected chi connectivity index (χ0v) is 9.16. The van der Waals surface area contributed by atoms with E-state index in [2.05, 4.69) is 20.0 Å². The molecule has 0 bridgehead atoms. The number of nitrogens with zero attached hydrogens (tertiary/aromatic N) is 2. The second-order valence-electron chi connectivity index (χ2n) is 3.59. The number of halogens is 3. The normalized spacial score (nSPS) is 18.7. The Bertz CT molecular complexity index is 345. The highest BCUT2D eigenvalue weighted by Crippen LogP contribution is 2.29. The van der Waals surface area contributed by atoms with E-state index in [9.17, 15) is 13.2 Å². The summed E-state index contributed by atoms with van der Waals surface area (Å²) in [5, 5.41) is 6.40. The van der Waals surface area contributed by atoms with Crippen LogP contribution in [0.2, 0.25) is 0 Å². The van der Waals surface area contributed by atoms with Gasteiger partial charge in [-0.15, -0.1) is 0 Å². The predicted octanol–water partition coefficient (Wildman–Crippen LogP) is 1.72. The van der Waals surface area contributed by atoms with Gasteiger partial charge >= 0.3 is 6.18 Å². The lowest BCUT2D eigenvalue weighted by atomic mass is 10.1. The minimum atomic E-state index is -4.45. The van der Waals surface area contributed by atoms with E-state index in [4.69, 9.17) is 0 Å². The summed E-state index contributed by atoms with van der Waals surface area (Å²) in [4.78, 5) is 3.43. The zero-order chi connectivity index (χ0) is 11.6. The summed E-state index contributed by atoms with van der Waals surface area (Å²) in [6, 6.07) is 0.190. The molecule has 8 heteroatoms. The lowest BCUT2D eigenvalue weighted by Gasteiger charge is -2.22. The van der Waals surface area contributed by atoms with Crippen molar-refractivity contribution in [3.05, 3.63) is 5.82 Å². The first-order chi connectivity index (χ1) is 7.55. The molecule has 16 heavy (non-hydrogen) atoms. The summed E-state index contributed by atoms with van der Waals surface area (Å²) in [6.07, 6.45) is -2.67. The quantitative estimate of drug-likeness (QED) is 0.841. The van der Waals surface area contributed by atoms with E-state index < -0.39 is 12.0 Å². The van der Waals surface area contributed by atoms with Gasteiger partial charge in [-0.3, -0.25) is 0 Å². The molecule has 1 aliphatic heterocycles. The summed E-state index contributed by atoms with van der Waals surface area (Å²) in [5.74, 6) is -1.06. The van der Waals surface area contributed by atoms with Crippen molar-refractivity contribution in [1.29, 1.82) is 0 Å². The highest BCUT2D eigenvalue weighted by atomic mass is 32.1. The fourth-order valence-corrected chi connectivity index (χ4v) is 2.20. The summed E-state index contributed by atoms with van der Waals surface area (Å²) in [6.45, 7) is 1.76. The van der Waals surface area contributed by atoms with Crippen LogP contribution in [0.15, 0.2) is 0 Å². The maximum atomic E-state index is 12.2.